The summed E-state index contributed by atoms with van der Waals surface area (Å²) in [6.45, 7) is 1.76. The average molecular weight is 341 g/mol. The van der Waals surface area contributed by atoms with Crippen molar-refractivity contribution < 1.29 is 9.18 Å². The van der Waals surface area contributed by atoms with Gasteiger partial charge < -0.3 is 10.2 Å². The lowest BCUT2D eigenvalue weighted by Crippen LogP contribution is -2.42. The second kappa shape index (κ2) is 5.82. The topological polar surface area (TPSA) is 32.3 Å². The summed E-state index contributed by atoms with van der Waals surface area (Å²) in [5, 5.41) is 3.42. The van der Waals surface area contributed by atoms with E-state index >= 15 is 0 Å². The molecule has 1 unspecified atom stereocenters. The molecule has 1 aliphatic carbocycles. The second-order valence-corrected chi connectivity index (χ2v) is 6.46. The Kier molecular flexibility index (Phi) is 4.08. The Bertz CT molecular complexity index is 513. The van der Waals surface area contributed by atoms with Crippen LogP contribution in [0.1, 0.15) is 36.0 Å². The van der Waals surface area contributed by atoms with Gasteiger partial charge in [-0.2, -0.15) is 0 Å². The highest BCUT2D eigenvalue weighted by atomic mass is 79.9. The van der Waals surface area contributed by atoms with E-state index in [0.717, 1.165) is 32.4 Å². The number of amides is 1. The van der Waals surface area contributed by atoms with Crippen molar-refractivity contribution in [2.24, 2.45) is 0 Å². The van der Waals surface area contributed by atoms with Crippen LogP contribution in [0, 0.1) is 5.82 Å². The fourth-order valence-corrected chi connectivity index (χ4v) is 3.17. The highest BCUT2D eigenvalue weighted by molar-refractivity contribution is 9.10. The normalized spacial score (nSPS) is 22.0. The SMILES string of the molecule is O=C(c1cc(F)ccc1Br)N(CC1CCCN1)C1CC1. The zero-order valence-corrected chi connectivity index (χ0v) is 12.8. The fourth-order valence-electron chi connectivity index (χ4n) is 2.75. The Morgan fingerprint density at radius 3 is 2.85 bits per heavy atom. The predicted molar refractivity (Wildman–Crippen MR) is 79.2 cm³/mol. The average Bonchev–Trinajstić information content (AvgIpc) is 3.15. The number of carbonyl (C=O) groups excluding carboxylic acids is 1. The van der Waals surface area contributed by atoms with Crippen molar-refractivity contribution in [2.75, 3.05) is 13.1 Å². The standard InChI is InChI=1S/C15H18BrFN2O/c16-14-6-3-10(17)8-13(14)15(20)19(12-4-5-12)9-11-2-1-7-18-11/h3,6,8,11-12,18H,1-2,4-5,7,9H2. The molecule has 0 spiro atoms. The van der Waals surface area contributed by atoms with Crippen molar-refractivity contribution in [3.8, 4) is 0 Å². The van der Waals surface area contributed by atoms with Crippen molar-refractivity contribution in [1.82, 2.24) is 10.2 Å². The first kappa shape index (κ1) is 14.0. The third-order valence-electron chi connectivity index (χ3n) is 3.99. The molecule has 1 aromatic rings. The van der Waals surface area contributed by atoms with Gasteiger partial charge in [-0.25, -0.2) is 4.39 Å². The first-order valence-electron chi connectivity index (χ1n) is 7.14. The van der Waals surface area contributed by atoms with Crippen LogP contribution in [0.25, 0.3) is 0 Å². The Labute approximate surface area is 126 Å². The van der Waals surface area contributed by atoms with Crippen LogP contribution in [0.3, 0.4) is 0 Å². The quantitative estimate of drug-likeness (QED) is 0.913. The molecule has 3 rings (SSSR count). The highest BCUT2D eigenvalue weighted by Gasteiger charge is 2.35. The van der Waals surface area contributed by atoms with Crippen LogP contribution in [-0.4, -0.2) is 36.0 Å². The van der Waals surface area contributed by atoms with Gasteiger partial charge in [-0.3, -0.25) is 4.79 Å². The van der Waals surface area contributed by atoms with Gasteiger partial charge in [0.2, 0.25) is 0 Å². The maximum absolute atomic E-state index is 13.4. The lowest BCUT2D eigenvalue weighted by atomic mass is 10.1. The van der Waals surface area contributed by atoms with Crippen LogP contribution in [0.15, 0.2) is 22.7 Å². The third kappa shape index (κ3) is 3.04. The molecule has 5 heteroatoms. The van der Waals surface area contributed by atoms with E-state index in [-0.39, 0.29) is 11.7 Å². The van der Waals surface area contributed by atoms with E-state index in [1.165, 1.54) is 18.6 Å². The molecule has 0 aromatic heterocycles. The monoisotopic (exact) mass is 340 g/mol. The van der Waals surface area contributed by atoms with Crippen molar-refractivity contribution in [3.63, 3.8) is 0 Å². The van der Waals surface area contributed by atoms with Crippen LogP contribution < -0.4 is 5.32 Å². The number of nitrogens with zero attached hydrogens (tertiary/aromatic N) is 1. The second-order valence-electron chi connectivity index (χ2n) is 5.61. The zero-order chi connectivity index (χ0) is 14.1. The summed E-state index contributed by atoms with van der Waals surface area (Å²) >= 11 is 3.35. The van der Waals surface area contributed by atoms with Gasteiger partial charge in [-0.15, -0.1) is 0 Å². The van der Waals surface area contributed by atoms with E-state index in [2.05, 4.69) is 21.2 Å². The molecular formula is C15H18BrFN2O. The first-order chi connectivity index (χ1) is 9.65. The van der Waals surface area contributed by atoms with E-state index in [4.69, 9.17) is 0 Å². The lowest BCUT2D eigenvalue weighted by Gasteiger charge is -2.26. The summed E-state index contributed by atoms with van der Waals surface area (Å²) in [6.07, 6.45) is 4.40. The largest absolute Gasteiger partial charge is 0.334 e. The first-order valence-corrected chi connectivity index (χ1v) is 7.94. The molecule has 0 radical (unpaired) electrons. The molecule has 1 aromatic carbocycles. The van der Waals surface area contributed by atoms with E-state index in [0.29, 0.717) is 22.1 Å². The van der Waals surface area contributed by atoms with Crippen molar-refractivity contribution in [1.29, 1.82) is 0 Å². The summed E-state index contributed by atoms with van der Waals surface area (Å²) in [7, 11) is 0. The number of carbonyl (C=O) groups is 1. The molecule has 1 N–H and O–H groups in total. The van der Waals surface area contributed by atoms with E-state index in [9.17, 15) is 9.18 Å². The summed E-state index contributed by atoms with van der Waals surface area (Å²) in [5.74, 6) is -0.432. The van der Waals surface area contributed by atoms with Crippen molar-refractivity contribution in [2.45, 2.75) is 37.8 Å². The van der Waals surface area contributed by atoms with Gasteiger partial charge in [0.05, 0.1) is 5.56 Å². The van der Waals surface area contributed by atoms with Crippen LogP contribution in [-0.2, 0) is 0 Å². The van der Waals surface area contributed by atoms with E-state index in [1.54, 1.807) is 6.07 Å². The number of benzene rings is 1. The molecule has 108 valence electrons. The van der Waals surface area contributed by atoms with Crippen LogP contribution in [0.4, 0.5) is 4.39 Å². The molecule has 2 aliphatic rings. The maximum Gasteiger partial charge on any atom is 0.255 e. The molecule has 2 fully saturated rings. The zero-order valence-electron chi connectivity index (χ0n) is 11.2. The van der Waals surface area contributed by atoms with Crippen LogP contribution >= 0.6 is 15.9 Å². The number of nitrogens with one attached hydrogen (secondary N) is 1. The van der Waals surface area contributed by atoms with Gasteiger partial charge in [-0.05, 0) is 66.4 Å². The molecular weight excluding hydrogens is 323 g/mol. The third-order valence-corrected chi connectivity index (χ3v) is 4.68. The number of hydrogen-bond donors (Lipinski definition) is 1. The molecule has 1 aliphatic heterocycles. The van der Waals surface area contributed by atoms with Gasteiger partial charge in [0.15, 0.2) is 0 Å². The number of rotatable bonds is 4. The van der Waals surface area contributed by atoms with Crippen molar-refractivity contribution >= 4 is 21.8 Å². The molecule has 1 atom stereocenters. The molecule has 20 heavy (non-hydrogen) atoms. The van der Waals surface area contributed by atoms with Gasteiger partial charge in [0.25, 0.3) is 5.91 Å². The molecule has 3 nitrogen and oxygen atoms in total. The predicted octanol–water partition coefficient (Wildman–Crippen LogP) is 2.94. The van der Waals surface area contributed by atoms with Gasteiger partial charge in [-0.1, -0.05) is 0 Å². The van der Waals surface area contributed by atoms with Gasteiger partial charge in [0, 0.05) is 23.1 Å². The van der Waals surface area contributed by atoms with Crippen LogP contribution in [0.5, 0.6) is 0 Å². The Morgan fingerprint density at radius 2 is 2.20 bits per heavy atom. The summed E-state index contributed by atoms with van der Waals surface area (Å²) < 4.78 is 14.0. The molecule has 0 bridgehead atoms. The minimum Gasteiger partial charge on any atom is -0.334 e. The van der Waals surface area contributed by atoms with E-state index in [1.807, 2.05) is 4.90 Å². The maximum atomic E-state index is 13.4. The molecule has 1 amide bonds. The highest BCUT2D eigenvalue weighted by Crippen LogP contribution is 2.30. The van der Waals surface area contributed by atoms with Crippen LogP contribution in [0.2, 0.25) is 0 Å². The summed E-state index contributed by atoms with van der Waals surface area (Å²) in [4.78, 5) is 14.6. The minimum absolute atomic E-state index is 0.0624. The van der Waals surface area contributed by atoms with E-state index < -0.39 is 0 Å². The Hall–Kier alpha value is -0.940. The Balaban J connectivity index is 1.79. The van der Waals surface area contributed by atoms with Gasteiger partial charge >= 0.3 is 0 Å². The number of halogens is 2. The smallest absolute Gasteiger partial charge is 0.255 e. The summed E-state index contributed by atoms with van der Waals surface area (Å²) in [6, 6.07) is 5.00. The summed E-state index contributed by atoms with van der Waals surface area (Å²) in [5.41, 5.74) is 0.426. The Morgan fingerprint density at radius 1 is 1.40 bits per heavy atom. The van der Waals surface area contributed by atoms with Crippen molar-refractivity contribution in [3.05, 3.63) is 34.1 Å². The lowest BCUT2D eigenvalue weighted by molar-refractivity contribution is 0.0727. The fraction of sp³-hybridized carbons (Fsp3) is 0.533. The van der Waals surface area contributed by atoms with Gasteiger partial charge in [0.1, 0.15) is 5.82 Å². The molecule has 1 heterocycles. The molecule has 1 saturated carbocycles. The minimum atomic E-state index is -0.369. The molecule has 1 saturated heterocycles. The number of hydrogen-bond acceptors (Lipinski definition) is 2.